The van der Waals surface area contributed by atoms with E-state index in [1.807, 2.05) is 26.1 Å². The normalized spacial score (nSPS) is 12.8. The molecule has 0 spiro atoms. The second-order valence-corrected chi connectivity index (χ2v) is 20.3. The number of nitrogens with zero attached hydrogens (tertiary/aromatic N) is 3. The van der Waals surface area contributed by atoms with Crippen LogP contribution in [0.25, 0.3) is 72.7 Å². The fraction of sp³-hybridized carbons (Fsp3) is 0.276. The summed E-state index contributed by atoms with van der Waals surface area (Å²) < 4.78 is 11.5. The van der Waals surface area contributed by atoms with Crippen molar-refractivity contribution in [1.29, 1.82) is 0 Å². The molecule has 2 heterocycles. The van der Waals surface area contributed by atoms with Crippen molar-refractivity contribution in [3.63, 3.8) is 0 Å². The van der Waals surface area contributed by atoms with Gasteiger partial charge in [-0.2, -0.15) is 0 Å². The average molecular weight is 817 g/mol. The third kappa shape index (κ3) is 8.36. The van der Waals surface area contributed by atoms with Crippen molar-refractivity contribution >= 4 is 11.0 Å². The Balaban J connectivity index is 1.45. The molecule has 0 saturated heterocycles. The van der Waals surface area contributed by atoms with Gasteiger partial charge >= 0.3 is 0 Å². The Kier molecular flexibility index (Phi) is 10.5. The molecule has 6 aromatic carbocycles. The number of phenolic OH excluding ortho intramolecular Hbond substituents is 1. The molecule has 4 heteroatoms. The van der Waals surface area contributed by atoms with Gasteiger partial charge < -0.3 is 5.11 Å². The zero-order valence-corrected chi connectivity index (χ0v) is 38.6. The van der Waals surface area contributed by atoms with Crippen LogP contribution in [-0.2, 0) is 16.2 Å². The first-order chi connectivity index (χ1) is 29.6. The molecular formula is C58H61N3O. The summed E-state index contributed by atoms with van der Waals surface area (Å²) >= 11 is 0. The number of para-hydroxylation sites is 1. The van der Waals surface area contributed by atoms with E-state index in [0.29, 0.717) is 11.4 Å². The summed E-state index contributed by atoms with van der Waals surface area (Å²) in [5.74, 6) is -0.0145. The van der Waals surface area contributed by atoms with Gasteiger partial charge in [-0.3, -0.25) is 9.55 Å². The van der Waals surface area contributed by atoms with Gasteiger partial charge in [0.25, 0.3) is 0 Å². The lowest BCUT2D eigenvalue weighted by Gasteiger charge is -2.27. The number of hydrogen-bond donors (Lipinski definition) is 1. The highest BCUT2D eigenvalue weighted by molar-refractivity contribution is 5.97. The fourth-order valence-corrected chi connectivity index (χ4v) is 8.29. The molecule has 0 atom stereocenters. The Hall–Kier alpha value is -6.26. The summed E-state index contributed by atoms with van der Waals surface area (Å²) in [6, 6.07) is 47.2. The van der Waals surface area contributed by atoms with Gasteiger partial charge in [-0.25, -0.2) is 4.98 Å². The third-order valence-electron chi connectivity index (χ3n) is 12.1. The van der Waals surface area contributed by atoms with E-state index >= 15 is 0 Å². The number of rotatable bonds is 7. The molecule has 314 valence electrons. The van der Waals surface area contributed by atoms with Crippen LogP contribution in [0.1, 0.15) is 111 Å². The van der Waals surface area contributed by atoms with E-state index in [2.05, 4.69) is 201 Å². The van der Waals surface area contributed by atoms with Gasteiger partial charge in [0.15, 0.2) is 0 Å². The number of pyridine rings is 1. The highest BCUT2D eigenvalue weighted by Crippen LogP contribution is 2.45. The zero-order valence-electron chi connectivity index (χ0n) is 39.6. The SMILES string of the molecule is [2H]C(C)(C)c1cc(-c2ccccc2)cc(-n2c(-c3cc(C(C)(C)C)cc(C(C)(C)C)c3O)nc3c(-c4cc(-c5cc(-c6ccc(C)cc6)ccn5)cc(C(C)(C)C)c4)cccc32)c1. The molecule has 0 saturated carbocycles. The Morgan fingerprint density at radius 2 is 1.23 bits per heavy atom. The highest BCUT2D eigenvalue weighted by atomic mass is 16.3. The maximum absolute atomic E-state index is 12.5. The summed E-state index contributed by atoms with van der Waals surface area (Å²) in [5.41, 5.74) is 16.2. The Bertz CT molecular complexity index is 2980. The zero-order chi connectivity index (χ0) is 45.2. The second-order valence-electron chi connectivity index (χ2n) is 20.3. The van der Waals surface area contributed by atoms with Gasteiger partial charge in [-0.15, -0.1) is 0 Å². The van der Waals surface area contributed by atoms with Crippen LogP contribution >= 0.6 is 0 Å². The molecule has 0 bridgehead atoms. The third-order valence-corrected chi connectivity index (χ3v) is 12.1. The first-order valence-corrected chi connectivity index (χ1v) is 21.9. The molecule has 62 heavy (non-hydrogen) atoms. The first kappa shape index (κ1) is 41.1. The van der Waals surface area contributed by atoms with Gasteiger partial charge in [0.05, 0.1) is 22.3 Å². The molecule has 8 rings (SSSR count). The standard InChI is InChI=1S/C58H61N3O/c1-36(2)41-27-42(38-17-14-13-15-18-38)32-47(31-41)61-52-20-16-19-48(53(52)60-55(61)49-34-46(57(7,8)9)35-50(54(49)62)58(10,11)12)43-28-44(30-45(29-43)56(4,5)6)51-33-40(25-26-59-51)39-23-21-37(3)22-24-39/h13-36,62H,1-12H3/i36D. The van der Waals surface area contributed by atoms with Crippen molar-refractivity contribution in [1.82, 2.24) is 14.5 Å². The molecule has 0 amide bonds. The van der Waals surface area contributed by atoms with Crippen LogP contribution in [-0.4, -0.2) is 19.6 Å². The number of aromatic nitrogens is 3. The van der Waals surface area contributed by atoms with Gasteiger partial charge in [0, 0.05) is 29.9 Å². The number of aryl methyl sites for hydroxylation is 1. The summed E-state index contributed by atoms with van der Waals surface area (Å²) in [4.78, 5) is 10.6. The summed E-state index contributed by atoms with van der Waals surface area (Å²) in [5, 5.41) is 12.5. The monoisotopic (exact) mass is 816 g/mol. The number of aromatic hydroxyl groups is 1. The summed E-state index contributed by atoms with van der Waals surface area (Å²) in [6.45, 7) is 25.8. The molecule has 8 aromatic rings. The van der Waals surface area contributed by atoms with E-state index in [1.165, 1.54) is 11.1 Å². The maximum Gasteiger partial charge on any atom is 0.149 e. The van der Waals surface area contributed by atoms with E-state index in [1.54, 1.807) is 0 Å². The predicted molar refractivity (Wildman–Crippen MR) is 263 cm³/mol. The van der Waals surface area contributed by atoms with E-state index in [0.717, 1.165) is 78.0 Å². The topological polar surface area (TPSA) is 50.9 Å². The van der Waals surface area contributed by atoms with Crippen molar-refractivity contribution in [3.05, 3.63) is 167 Å². The first-order valence-electron chi connectivity index (χ1n) is 22.4. The quantitative estimate of drug-likeness (QED) is 0.174. The minimum atomic E-state index is -0.885. The van der Waals surface area contributed by atoms with E-state index in [-0.39, 0.29) is 22.0 Å². The number of benzene rings is 6. The lowest BCUT2D eigenvalue weighted by atomic mass is 9.79. The number of hydrogen-bond acceptors (Lipinski definition) is 3. The predicted octanol–water partition coefficient (Wildman–Crippen LogP) is 15.8. The number of phenols is 1. The van der Waals surface area contributed by atoms with Crippen LogP contribution in [0, 0.1) is 6.92 Å². The smallest absolute Gasteiger partial charge is 0.149 e. The number of fused-ring (bicyclic) bond motifs is 1. The molecule has 0 aliphatic rings. The lowest BCUT2D eigenvalue weighted by Crippen LogP contribution is -2.17. The molecule has 0 aliphatic carbocycles. The molecule has 2 aromatic heterocycles. The van der Waals surface area contributed by atoms with E-state index in [9.17, 15) is 6.48 Å². The Morgan fingerprint density at radius 1 is 0.565 bits per heavy atom. The highest BCUT2D eigenvalue weighted by Gasteiger charge is 2.29. The maximum atomic E-state index is 12.5. The van der Waals surface area contributed by atoms with Gasteiger partial charge in [0.1, 0.15) is 11.6 Å². The largest absolute Gasteiger partial charge is 0.507 e. The van der Waals surface area contributed by atoms with Crippen LogP contribution in [0.4, 0.5) is 0 Å². The van der Waals surface area contributed by atoms with E-state index in [4.69, 9.17) is 9.97 Å². The molecule has 0 fully saturated rings. The molecule has 4 nitrogen and oxygen atoms in total. The molecular weight excluding hydrogens is 755 g/mol. The minimum Gasteiger partial charge on any atom is -0.507 e. The van der Waals surface area contributed by atoms with Gasteiger partial charge in [-0.05, 0) is 122 Å². The molecule has 0 aliphatic heterocycles. The van der Waals surface area contributed by atoms with Gasteiger partial charge in [-0.1, -0.05) is 167 Å². The molecule has 0 unspecified atom stereocenters. The Morgan fingerprint density at radius 3 is 1.89 bits per heavy atom. The summed E-state index contributed by atoms with van der Waals surface area (Å²) in [6.07, 6.45) is 1.91. The number of imidazole rings is 1. The molecule has 0 radical (unpaired) electrons. The molecule has 1 N–H and O–H groups in total. The van der Waals surface area contributed by atoms with Crippen molar-refractivity contribution in [2.45, 2.75) is 105 Å². The second kappa shape index (κ2) is 15.9. The minimum absolute atomic E-state index is 0.155. The van der Waals surface area contributed by atoms with Crippen molar-refractivity contribution in [3.8, 4) is 67.5 Å². The van der Waals surface area contributed by atoms with Crippen LogP contribution < -0.4 is 0 Å². The fourth-order valence-electron chi connectivity index (χ4n) is 8.29. The Labute approximate surface area is 370 Å². The van der Waals surface area contributed by atoms with Crippen molar-refractivity contribution in [2.24, 2.45) is 0 Å². The van der Waals surface area contributed by atoms with Crippen molar-refractivity contribution in [2.75, 3.05) is 0 Å². The van der Waals surface area contributed by atoms with Crippen LogP contribution in [0.15, 0.2) is 140 Å². The summed E-state index contributed by atoms with van der Waals surface area (Å²) in [7, 11) is 0. The van der Waals surface area contributed by atoms with Crippen LogP contribution in [0.2, 0.25) is 0 Å². The lowest BCUT2D eigenvalue weighted by molar-refractivity contribution is 0.446. The van der Waals surface area contributed by atoms with Gasteiger partial charge in [0.2, 0.25) is 0 Å². The average Bonchev–Trinajstić information content (AvgIpc) is 3.62. The van der Waals surface area contributed by atoms with Crippen LogP contribution in [0.3, 0.4) is 0 Å². The van der Waals surface area contributed by atoms with Crippen LogP contribution in [0.5, 0.6) is 5.75 Å². The van der Waals surface area contributed by atoms with E-state index < -0.39 is 5.89 Å². The van der Waals surface area contributed by atoms with Crippen molar-refractivity contribution < 1.29 is 6.48 Å².